The molecule has 1 amide bonds. The van der Waals surface area contributed by atoms with Crippen molar-refractivity contribution in [3.8, 4) is 11.5 Å². The summed E-state index contributed by atoms with van der Waals surface area (Å²) in [4.78, 5) is 27.0. The number of thiophene rings is 1. The van der Waals surface area contributed by atoms with E-state index in [0.717, 1.165) is 35.5 Å². The fourth-order valence-electron chi connectivity index (χ4n) is 3.34. The first-order valence-electron chi connectivity index (χ1n) is 9.29. The van der Waals surface area contributed by atoms with E-state index in [-0.39, 0.29) is 17.6 Å². The Morgan fingerprint density at radius 1 is 1.21 bits per heavy atom. The molecular formula is C20H21NO5S2. The molecule has 1 aliphatic carbocycles. The third-order valence-electron chi connectivity index (χ3n) is 4.54. The maximum Gasteiger partial charge on any atom is 0.341 e. The van der Waals surface area contributed by atoms with Crippen LogP contribution in [0.2, 0.25) is 0 Å². The minimum atomic E-state index is -0.350. The summed E-state index contributed by atoms with van der Waals surface area (Å²) in [5.41, 5.74) is 1.58. The molecule has 28 heavy (non-hydrogen) atoms. The smallest absolute Gasteiger partial charge is 0.341 e. The van der Waals surface area contributed by atoms with E-state index in [1.54, 1.807) is 6.92 Å². The topological polar surface area (TPSA) is 73.9 Å². The van der Waals surface area contributed by atoms with Crippen LogP contribution in [0.4, 0.5) is 5.00 Å². The normalized spacial score (nSPS) is 14.5. The second-order valence-electron chi connectivity index (χ2n) is 6.42. The molecule has 2 heterocycles. The Balaban J connectivity index is 1.42. The van der Waals surface area contributed by atoms with E-state index in [1.165, 1.54) is 28.0 Å². The molecule has 1 aromatic heterocycles. The molecule has 0 spiro atoms. The molecule has 0 fully saturated rings. The molecular weight excluding hydrogens is 398 g/mol. The van der Waals surface area contributed by atoms with Crippen molar-refractivity contribution in [1.29, 1.82) is 0 Å². The van der Waals surface area contributed by atoms with E-state index in [9.17, 15) is 9.59 Å². The van der Waals surface area contributed by atoms with Crippen LogP contribution in [-0.2, 0) is 22.4 Å². The minimum absolute atomic E-state index is 0.148. The highest BCUT2D eigenvalue weighted by molar-refractivity contribution is 8.00. The molecule has 1 aromatic carbocycles. The second-order valence-corrected chi connectivity index (χ2v) is 8.58. The van der Waals surface area contributed by atoms with Gasteiger partial charge in [-0.1, -0.05) is 0 Å². The predicted octanol–water partition coefficient (Wildman–Crippen LogP) is 3.92. The van der Waals surface area contributed by atoms with Crippen LogP contribution in [-0.4, -0.2) is 37.4 Å². The number of benzene rings is 1. The maximum absolute atomic E-state index is 12.5. The third-order valence-corrected chi connectivity index (χ3v) is 6.74. The van der Waals surface area contributed by atoms with Crippen LogP contribution in [0.25, 0.3) is 0 Å². The van der Waals surface area contributed by atoms with E-state index in [2.05, 4.69) is 5.32 Å². The van der Waals surface area contributed by atoms with Gasteiger partial charge < -0.3 is 19.5 Å². The lowest BCUT2D eigenvalue weighted by Crippen LogP contribution is -2.17. The standard InChI is InChI=1S/C20H21NO5S2/c1-2-24-20(23)18-13-4-3-5-16(13)28-19(18)21-17(22)11-27-12-6-7-14-15(10-12)26-9-8-25-14/h6-7,10H,2-5,8-9,11H2,1H3,(H,21,22). The quantitative estimate of drug-likeness (QED) is 0.565. The highest BCUT2D eigenvalue weighted by Gasteiger charge is 2.28. The fourth-order valence-corrected chi connectivity index (χ4v) is 5.35. The Hall–Kier alpha value is -2.19. The number of fused-ring (bicyclic) bond motifs is 2. The Bertz CT molecular complexity index is 908. The number of hydrogen-bond donors (Lipinski definition) is 1. The van der Waals surface area contributed by atoms with Crippen molar-refractivity contribution in [3.05, 3.63) is 34.2 Å². The van der Waals surface area contributed by atoms with Crippen molar-refractivity contribution in [3.63, 3.8) is 0 Å². The minimum Gasteiger partial charge on any atom is -0.486 e. The van der Waals surface area contributed by atoms with E-state index in [0.29, 0.717) is 36.1 Å². The van der Waals surface area contributed by atoms with E-state index >= 15 is 0 Å². The molecule has 0 radical (unpaired) electrons. The number of hydrogen-bond acceptors (Lipinski definition) is 7. The number of ether oxygens (including phenoxy) is 3. The lowest BCUT2D eigenvalue weighted by atomic mass is 10.1. The van der Waals surface area contributed by atoms with Crippen LogP contribution in [0, 0.1) is 0 Å². The molecule has 0 saturated carbocycles. The molecule has 148 valence electrons. The number of aryl methyl sites for hydroxylation is 1. The van der Waals surface area contributed by atoms with Crippen molar-refractivity contribution >= 4 is 40.0 Å². The molecule has 0 bridgehead atoms. The number of carbonyl (C=O) groups is 2. The van der Waals surface area contributed by atoms with Gasteiger partial charge in [0.15, 0.2) is 11.5 Å². The van der Waals surface area contributed by atoms with Crippen molar-refractivity contribution in [2.75, 3.05) is 30.9 Å². The Labute approximate surface area is 171 Å². The number of carbonyl (C=O) groups excluding carboxylic acids is 2. The van der Waals surface area contributed by atoms with Crippen LogP contribution in [0.3, 0.4) is 0 Å². The van der Waals surface area contributed by atoms with Crippen molar-refractivity contribution in [2.45, 2.75) is 31.1 Å². The van der Waals surface area contributed by atoms with Gasteiger partial charge in [-0.3, -0.25) is 4.79 Å². The number of nitrogens with one attached hydrogen (secondary N) is 1. The largest absolute Gasteiger partial charge is 0.486 e. The summed E-state index contributed by atoms with van der Waals surface area (Å²) < 4.78 is 16.3. The molecule has 0 unspecified atom stereocenters. The number of esters is 1. The summed E-state index contributed by atoms with van der Waals surface area (Å²) in [7, 11) is 0. The van der Waals surface area contributed by atoms with E-state index in [4.69, 9.17) is 14.2 Å². The van der Waals surface area contributed by atoms with Gasteiger partial charge in [-0.2, -0.15) is 0 Å². The van der Waals surface area contributed by atoms with Crippen LogP contribution in [0.1, 0.15) is 34.1 Å². The summed E-state index contributed by atoms with van der Waals surface area (Å²) in [6.45, 7) is 3.18. The number of amides is 1. The zero-order valence-electron chi connectivity index (χ0n) is 15.5. The highest BCUT2D eigenvalue weighted by Crippen LogP contribution is 2.40. The molecule has 6 nitrogen and oxygen atoms in total. The molecule has 0 atom stereocenters. The first-order valence-corrected chi connectivity index (χ1v) is 11.1. The molecule has 8 heteroatoms. The monoisotopic (exact) mass is 419 g/mol. The number of thioether (sulfide) groups is 1. The number of rotatable bonds is 6. The fraction of sp³-hybridized carbons (Fsp3) is 0.400. The van der Waals surface area contributed by atoms with Gasteiger partial charge in [0.25, 0.3) is 0 Å². The third kappa shape index (κ3) is 3.98. The van der Waals surface area contributed by atoms with Gasteiger partial charge in [-0.15, -0.1) is 23.1 Å². The molecule has 1 aliphatic heterocycles. The van der Waals surface area contributed by atoms with Gasteiger partial charge in [0.2, 0.25) is 5.91 Å². The van der Waals surface area contributed by atoms with Gasteiger partial charge in [0.05, 0.1) is 17.9 Å². The lowest BCUT2D eigenvalue weighted by molar-refractivity contribution is -0.113. The average Bonchev–Trinajstić information content (AvgIpc) is 3.27. The van der Waals surface area contributed by atoms with Crippen LogP contribution >= 0.6 is 23.1 Å². The molecule has 2 aliphatic rings. The summed E-state index contributed by atoms with van der Waals surface area (Å²) in [5.74, 6) is 1.18. The molecule has 4 rings (SSSR count). The Kier molecular flexibility index (Phi) is 5.77. The van der Waals surface area contributed by atoms with E-state index < -0.39 is 0 Å². The molecule has 2 aromatic rings. The summed E-state index contributed by atoms with van der Waals surface area (Å²) in [6.07, 6.45) is 2.86. The van der Waals surface area contributed by atoms with Gasteiger partial charge in [0, 0.05) is 9.77 Å². The van der Waals surface area contributed by atoms with Gasteiger partial charge >= 0.3 is 5.97 Å². The van der Waals surface area contributed by atoms with Gasteiger partial charge in [-0.05, 0) is 49.9 Å². The van der Waals surface area contributed by atoms with E-state index in [1.807, 2.05) is 18.2 Å². The molecule has 0 saturated heterocycles. The Morgan fingerprint density at radius 2 is 2.04 bits per heavy atom. The van der Waals surface area contributed by atoms with Gasteiger partial charge in [-0.25, -0.2) is 4.79 Å². The SMILES string of the molecule is CCOC(=O)c1c(NC(=O)CSc2ccc3c(c2)OCCO3)sc2c1CCC2. The predicted molar refractivity (Wildman–Crippen MR) is 109 cm³/mol. The maximum atomic E-state index is 12.5. The summed E-state index contributed by atoms with van der Waals surface area (Å²) in [6, 6.07) is 5.66. The van der Waals surface area contributed by atoms with Crippen molar-refractivity contribution in [1.82, 2.24) is 0 Å². The molecule has 1 N–H and O–H groups in total. The highest BCUT2D eigenvalue weighted by atomic mass is 32.2. The summed E-state index contributed by atoms with van der Waals surface area (Å²) in [5, 5.41) is 3.52. The van der Waals surface area contributed by atoms with Gasteiger partial charge in [0.1, 0.15) is 18.2 Å². The van der Waals surface area contributed by atoms with Crippen molar-refractivity contribution in [2.24, 2.45) is 0 Å². The Morgan fingerprint density at radius 3 is 2.86 bits per heavy atom. The summed E-state index contributed by atoms with van der Waals surface area (Å²) >= 11 is 2.91. The first-order chi connectivity index (χ1) is 13.7. The zero-order chi connectivity index (χ0) is 19.5. The average molecular weight is 420 g/mol. The lowest BCUT2D eigenvalue weighted by Gasteiger charge is -2.18. The number of anilines is 1. The van der Waals surface area contributed by atoms with Crippen LogP contribution in [0.15, 0.2) is 23.1 Å². The van der Waals surface area contributed by atoms with Crippen molar-refractivity contribution < 1.29 is 23.8 Å². The van der Waals surface area contributed by atoms with Crippen LogP contribution in [0.5, 0.6) is 11.5 Å². The zero-order valence-corrected chi connectivity index (χ0v) is 17.2. The van der Waals surface area contributed by atoms with Crippen LogP contribution < -0.4 is 14.8 Å². The second kappa shape index (κ2) is 8.45. The first kappa shape index (κ1) is 19.1.